The Kier molecular flexibility index (Phi) is 11.5. The quantitative estimate of drug-likeness (QED) is 0.170. The second-order valence-electron chi connectivity index (χ2n) is 9.77. The fourth-order valence-electron chi connectivity index (χ4n) is 4.05. The molecule has 0 bridgehead atoms. The van der Waals surface area contributed by atoms with Crippen LogP contribution in [0, 0.1) is 5.92 Å². The van der Waals surface area contributed by atoms with Gasteiger partial charge in [-0.3, -0.25) is 14.4 Å². The lowest BCUT2D eigenvalue weighted by molar-refractivity contribution is -0.142. The van der Waals surface area contributed by atoms with Gasteiger partial charge in [-0.15, -0.1) is 0 Å². The second kappa shape index (κ2) is 14.3. The van der Waals surface area contributed by atoms with E-state index in [0.29, 0.717) is 25.8 Å². The first-order valence-corrected chi connectivity index (χ1v) is 12.7. The Morgan fingerprint density at radius 2 is 1.62 bits per heavy atom. The van der Waals surface area contributed by atoms with Gasteiger partial charge in [0, 0.05) is 23.5 Å². The third kappa shape index (κ3) is 9.18. The van der Waals surface area contributed by atoms with Crippen LogP contribution in [-0.2, 0) is 25.6 Å². The van der Waals surface area contributed by atoms with Gasteiger partial charge in [-0.05, 0) is 56.7 Å². The molecular weight excluding hydrogens is 476 g/mol. The van der Waals surface area contributed by atoms with Gasteiger partial charge in [-0.2, -0.15) is 0 Å². The number of carbonyl (C=O) groups is 4. The Hall–Kier alpha value is -3.44. The highest BCUT2D eigenvalue weighted by Gasteiger charge is 2.29. The summed E-state index contributed by atoms with van der Waals surface area (Å²) in [5.74, 6) is -2.64. The van der Waals surface area contributed by atoms with Crippen LogP contribution in [0.3, 0.4) is 0 Å². The number of amides is 3. The van der Waals surface area contributed by atoms with E-state index in [9.17, 15) is 24.3 Å². The molecule has 2 rings (SSSR count). The average Bonchev–Trinajstić information content (AvgIpc) is 3.25. The molecule has 11 nitrogen and oxygen atoms in total. The van der Waals surface area contributed by atoms with E-state index in [-0.39, 0.29) is 18.8 Å². The van der Waals surface area contributed by atoms with Crippen LogP contribution in [0.4, 0.5) is 0 Å². The topological polar surface area (TPSA) is 192 Å². The zero-order valence-electron chi connectivity index (χ0n) is 21.8. The standard InChI is InChI=1S/C26H40N6O5/c1-15(2)12-19(28)24(34)32-22(13-17-14-29-20-9-5-4-8-18(17)20)25(35)30-16(3)23(33)31-21(26(36)37)10-6-7-11-27/h4-5,8-9,14-16,19,21-22,29H,6-7,10-13,27-28H2,1-3H3,(H,30,35)(H,31,33)(H,32,34)(H,36,37). The molecule has 0 aliphatic carbocycles. The van der Waals surface area contributed by atoms with Crippen LogP contribution in [0.25, 0.3) is 10.9 Å². The van der Waals surface area contributed by atoms with Crippen molar-refractivity contribution < 1.29 is 24.3 Å². The minimum absolute atomic E-state index is 0.168. The summed E-state index contributed by atoms with van der Waals surface area (Å²) in [6, 6.07) is 3.68. The third-order valence-corrected chi connectivity index (χ3v) is 6.11. The minimum atomic E-state index is -1.16. The second-order valence-corrected chi connectivity index (χ2v) is 9.77. The molecule has 0 saturated heterocycles. The van der Waals surface area contributed by atoms with E-state index in [4.69, 9.17) is 11.5 Å². The molecule has 0 spiro atoms. The summed E-state index contributed by atoms with van der Waals surface area (Å²) >= 11 is 0. The van der Waals surface area contributed by atoms with Gasteiger partial charge in [0.05, 0.1) is 6.04 Å². The number of benzene rings is 1. The maximum Gasteiger partial charge on any atom is 0.326 e. The summed E-state index contributed by atoms with van der Waals surface area (Å²) in [6.07, 6.45) is 3.81. The van der Waals surface area contributed by atoms with Crippen LogP contribution < -0.4 is 27.4 Å². The first kappa shape index (κ1) is 29.8. The van der Waals surface area contributed by atoms with Crippen LogP contribution in [0.15, 0.2) is 30.5 Å². The third-order valence-electron chi connectivity index (χ3n) is 6.11. The average molecular weight is 517 g/mol. The van der Waals surface area contributed by atoms with E-state index in [1.807, 2.05) is 38.1 Å². The highest BCUT2D eigenvalue weighted by atomic mass is 16.4. The van der Waals surface area contributed by atoms with Gasteiger partial charge in [0.1, 0.15) is 18.1 Å². The molecule has 0 radical (unpaired) electrons. The molecule has 0 fully saturated rings. The first-order chi connectivity index (χ1) is 17.5. The SMILES string of the molecule is CC(C)CC(N)C(=O)NC(Cc1c[nH]c2ccccc12)C(=O)NC(C)C(=O)NC(CCCCN)C(=O)O. The Morgan fingerprint density at radius 1 is 0.946 bits per heavy atom. The molecule has 1 aromatic carbocycles. The van der Waals surface area contributed by atoms with Crippen molar-refractivity contribution in [3.63, 3.8) is 0 Å². The van der Waals surface area contributed by atoms with Gasteiger partial charge in [-0.25, -0.2) is 4.79 Å². The molecule has 1 heterocycles. The van der Waals surface area contributed by atoms with E-state index in [0.717, 1.165) is 16.5 Å². The maximum absolute atomic E-state index is 13.2. The van der Waals surface area contributed by atoms with Crippen molar-refractivity contribution in [2.24, 2.45) is 17.4 Å². The summed E-state index contributed by atoms with van der Waals surface area (Å²) in [4.78, 5) is 53.4. The van der Waals surface area contributed by atoms with Gasteiger partial charge in [0.15, 0.2) is 0 Å². The normalized spacial score (nSPS) is 14.5. The Labute approximate surface area is 217 Å². The summed E-state index contributed by atoms with van der Waals surface area (Å²) in [7, 11) is 0. The fraction of sp³-hybridized carbons (Fsp3) is 0.538. The smallest absolute Gasteiger partial charge is 0.326 e. The lowest BCUT2D eigenvalue weighted by Crippen LogP contribution is -2.57. The van der Waals surface area contributed by atoms with Crippen LogP contribution in [-0.4, -0.2) is 64.5 Å². The summed E-state index contributed by atoms with van der Waals surface area (Å²) < 4.78 is 0. The molecule has 0 saturated carbocycles. The molecule has 3 amide bonds. The highest BCUT2D eigenvalue weighted by molar-refractivity contribution is 5.94. The van der Waals surface area contributed by atoms with Crippen LogP contribution >= 0.6 is 0 Å². The maximum atomic E-state index is 13.2. The molecule has 2 aromatic rings. The van der Waals surface area contributed by atoms with Crippen molar-refractivity contribution >= 4 is 34.6 Å². The number of carboxylic acid groups (broad SMARTS) is 1. The molecule has 9 N–H and O–H groups in total. The monoisotopic (exact) mass is 516 g/mol. The molecule has 4 atom stereocenters. The van der Waals surface area contributed by atoms with Gasteiger partial charge < -0.3 is 37.5 Å². The van der Waals surface area contributed by atoms with Gasteiger partial charge >= 0.3 is 5.97 Å². The Balaban J connectivity index is 2.14. The van der Waals surface area contributed by atoms with Crippen molar-refractivity contribution in [2.45, 2.75) is 77.0 Å². The van der Waals surface area contributed by atoms with Crippen molar-refractivity contribution in [1.29, 1.82) is 0 Å². The number of nitrogens with two attached hydrogens (primary N) is 2. The number of unbranched alkanes of at least 4 members (excludes halogenated alkanes) is 1. The molecule has 204 valence electrons. The van der Waals surface area contributed by atoms with E-state index in [2.05, 4.69) is 20.9 Å². The minimum Gasteiger partial charge on any atom is -0.480 e. The number of H-pyrrole nitrogens is 1. The molecule has 37 heavy (non-hydrogen) atoms. The van der Waals surface area contributed by atoms with Gasteiger partial charge in [-0.1, -0.05) is 32.0 Å². The van der Waals surface area contributed by atoms with Crippen LogP contribution in [0.1, 0.15) is 52.0 Å². The lowest BCUT2D eigenvalue weighted by atomic mass is 10.0. The predicted molar refractivity (Wildman–Crippen MR) is 141 cm³/mol. The molecular formula is C26H40N6O5. The summed E-state index contributed by atoms with van der Waals surface area (Å²) in [5.41, 5.74) is 13.2. The number of aromatic nitrogens is 1. The predicted octanol–water partition coefficient (Wildman–Crippen LogP) is 0.772. The molecule has 0 aliphatic rings. The van der Waals surface area contributed by atoms with Crippen LogP contribution in [0.2, 0.25) is 0 Å². The number of carboxylic acids is 1. The molecule has 1 aromatic heterocycles. The first-order valence-electron chi connectivity index (χ1n) is 12.7. The summed E-state index contributed by atoms with van der Waals surface area (Å²) in [5, 5.41) is 18.1. The van der Waals surface area contributed by atoms with E-state index in [1.165, 1.54) is 6.92 Å². The van der Waals surface area contributed by atoms with Gasteiger partial charge in [0.2, 0.25) is 17.7 Å². The van der Waals surface area contributed by atoms with Gasteiger partial charge in [0.25, 0.3) is 0 Å². The number of carbonyl (C=O) groups excluding carboxylic acids is 3. The van der Waals surface area contributed by atoms with Crippen molar-refractivity contribution in [1.82, 2.24) is 20.9 Å². The van der Waals surface area contributed by atoms with E-state index >= 15 is 0 Å². The van der Waals surface area contributed by atoms with Crippen molar-refractivity contribution in [3.8, 4) is 0 Å². The number of fused-ring (bicyclic) bond motifs is 1. The zero-order chi connectivity index (χ0) is 27.5. The number of aromatic amines is 1. The lowest BCUT2D eigenvalue weighted by Gasteiger charge is -2.24. The fourth-order valence-corrected chi connectivity index (χ4v) is 4.05. The largest absolute Gasteiger partial charge is 0.480 e. The van der Waals surface area contributed by atoms with Crippen molar-refractivity contribution in [2.75, 3.05) is 6.54 Å². The number of aliphatic carboxylic acids is 1. The molecule has 4 unspecified atom stereocenters. The Bertz CT molecular complexity index is 1070. The number of hydrogen-bond donors (Lipinski definition) is 7. The molecule has 0 aliphatic heterocycles. The number of para-hydroxylation sites is 1. The number of hydrogen-bond acceptors (Lipinski definition) is 6. The number of rotatable bonds is 15. The summed E-state index contributed by atoms with van der Waals surface area (Å²) in [6.45, 7) is 5.78. The molecule has 11 heteroatoms. The van der Waals surface area contributed by atoms with Crippen molar-refractivity contribution in [3.05, 3.63) is 36.0 Å². The van der Waals surface area contributed by atoms with Crippen LogP contribution in [0.5, 0.6) is 0 Å². The van der Waals surface area contributed by atoms with E-state index in [1.54, 1.807) is 6.20 Å². The number of nitrogens with one attached hydrogen (secondary N) is 4. The van der Waals surface area contributed by atoms with E-state index < -0.39 is 47.9 Å². The Morgan fingerprint density at radius 3 is 2.27 bits per heavy atom. The highest BCUT2D eigenvalue weighted by Crippen LogP contribution is 2.19. The zero-order valence-corrected chi connectivity index (χ0v) is 21.8.